The standard InChI is InChI=1S/C13H12BrN3O/c14-12-10(5-3-6-11(12)15)13(18)17-8-9-4-1-2-7-16-9/h1-7H,8,15H2,(H,17,18). The van der Waals surface area contributed by atoms with Crippen LogP contribution in [0.4, 0.5) is 5.69 Å². The Morgan fingerprint density at radius 1 is 1.28 bits per heavy atom. The molecule has 4 nitrogen and oxygen atoms in total. The van der Waals surface area contributed by atoms with Crippen LogP contribution in [0.25, 0.3) is 0 Å². The fourth-order valence-corrected chi connectivity index (χ4v) is 1.94. The summed E-state index contributed by atoms with van der Waals surface area (Å²) >= 11 is 3.31. The Morgan fingerprint density at radius 3 is 2.83 bits per heavy atom. The van der Waals surface area contributed by atoms with E-state index < -0.39 is 0 Å². The molecule has 5 heteroatoms. The van der Waals surface area contributed by atoms with Gasteiger partial charge >= 0.3 is 0 Å². The number of carbonyl (C=O) groups is 1. The van der Waals surface area contributed by atoms with Gasteiger partial charge in [-0.25, -0.2) is 0 Å². The molecule has 0 radical (unpaired) electrons. The molecule has 0 bridgehead atoms. The number of nitrogens with two attached hydrogens (primary N) is 1. The maximum Gasteiger partial charge on any atom is 0.252 e. The molecule has 0 aliphatic carbocycles. The Hall–Kier alpha value is -1.88. The van der Waals surface area contributed by atoms with Gasteiger partial charge in [0.25, 0.3) is 5.91 Å². The van der Waals surface area contributed by atoms with Crippen molar-refractivity contribution >= 4 is 27.5 Å². The summed E-state index contributed by atoms with van der Waals surface area (Å²) in [6.07, 6.45) is 1.69. The van der Waals surface area contributed by atoms with Gasteiger partial charge in [-0.15, -0.1) is 0 Å². The minimum atomic E-state index is -0.181. The van der Waals surface area contributed by atoms with Gasteiger partial charge in [0.05, 0.1) is 22.3 Å². The average molecular weight is 306 g/mol. The largest absolute Gasteiger partial charge is 0.398 e. The van der Waals surface area contributed by atoms with Crippen LogP contribution in [0.15, 0.2) is 47.1 Å². The highest BCUT2D eigenvalue weighted by Gasteiger charge is 2.11. The van der Waals surface area contributed by atoms with Crippen molar-refractivity contribution in [3.8, 4) is 0 Å². The van der Waals surface area contributed by atoms with Crippen molar-refractivity contribution in [1.29, 1.82) is 0 Å². The predicted molar refractivity (Wildman–Crippen MR) is 74.0 cm³/mol. The Bertz CT molecular complexity index is 557. The number of nitrogen functional groups attached to an aromatic ring is 1. The molecule has 0 atom stereocenters. The van der Waals surface area contributed by atoms with Crippen LogP contribution < -0.4 is 11.1 Å². The fourth-order valence-electron chi connectivity index (χ4n) is 1.49. The number of halogens is 1. The monoisotopic (exact) mass is 305 g/mol. The minimum absolute atomic E-state index is 0.181. The summed E-state index contributed by atoms with van der Waals surface area (Å²) < 4.78 is 0.614. The fraction of sp³-hybridized carbons (Fsp3) is 0.0769. The topological polar surface area (TPSA) is 68.0 Å². The second kappa shape index (κ2) is 5.64. The van der Waals surface area contributed by atoms with E-state index in [9.17, 15) is 4.79 Å². The van der Waals surface area contributed by atoms with Gasteiger partial charge in [-0.05, 0) is 40.2 Å². The van der Waals surface area contributed by atoms with Gasteiger partial charge < -0.3 is 11.1 Å². The van der Waals surface area contributed by atoms with E-state index in [1.807, 2.05) is 18.2 Å². The van der Waals surface area contributed by atoms with Gasteiger partial charge in [0.1, 0.15) is 0 Å². The van der Waals surface area contributed by atoms with Gasteiger partial charge in [0, 0.05) is 11.9 Å². The average Bonchev–Trinajstić information content (AvgIpc) is 2.40. The third-order valence-electron chi connectivity index (χ3n) is 2.43. The summed E-state index contributed by atoms with van der Waals surface area (Å²) in [5.74, 6) is -0.181. The number of hydrogen-bond acceptors (Lipinski definition) is 3. The number of anilines is 1. The van der Waals surface area contributed by atoms with Crippen molar-refractivity contribution < 1.29 is 4.79 Å². The number of amides is 1. The quantitative estimate of drug-likeness (QED) is 0.855. The first kappa shape index (κ1) is 12.6. The van der Waals surface area contributed by atoms with Crippen LogP contribution in [0, 0.1) is 0 Å². The number of rotatable bonds is 3. The lowest BCUT2D eigenvalue weighted by Crippen LogP contribution is -2.23. The van der Waals surface area contributed by atoms with E-state index in [-0.39, 0.29) is 5.91 Å². The normalized spacial score (nSPS) is 10.1. The minimum Gasteiger partial charge on any atom is -0.398 e. The third-order valence-corrected chi connectivity index (χ3v) is 3.31. The summed E-state index contributed by atoms with van der Waals surface area (Å²) in [5.41, 5.74) is 7.60. The van der Waals surface area contributed by atoms with Crippen molar-refractivity contribution in [3.05, 3.63) is 58.3 Å². The first-order valence-electron chi connectivity index (χ1n) is 5.40. The van der Waals surface area contributed by atoms with Crippen molar-refractivity contribution in [2.75, 3.05) is 5.73 Å². The van der Waals surface area contributed by atoms with E-state index in [1.165, 1.54) is 0 Å². The molecule has 0 saturated carbocycles. The molecule has 0 aliphatic heterocycles. The molecule has 1 aromatic carbocycles. The van der Waals surface area contributed by atoms with E-state index in [4.69, 9.17) is 5.73 Å². The molecule has 2 aromatic rings. The number of nitrogens with zero attached hydrogens (tertiary/aromatic N) is 1. The smallest absolute Gasteiger partial charge is 0.252 e. The second-order valence-electron chi connectivity index (χ2n) is 3.71. The molecule has 0 saturated heterocycles. The van der Waals surface area contributed by atoms with Gasteiger partial charge in [0.15, 0.2) is 0 Å². The van der Waals surface area contributed by atoms with Gasteiger partial charge in [-0.3, -0.25) is 9.78 Å². The number of aromatic nitrogens is 1. The molecule has 0 spiro atoms. The molecule has 3 N–H and O–H groups in total. The van der Waals surface area contributed by atoms with Crippen LogP contribution in [-0.2, 0) is 6.54 Å². The van der Waals surface area contributed by atoms with E-state index in [1.54, 1.807) is 24.4 Å². The van der Waals surface area contributed by atoms with Crippen LogP contribution in [0.1, 0.15) is 16.1 Å². The van der Waals surface area contributed by atoms with Crippen LogP contribution in [-0.4, -0.2) is 10.9 Å². The second-order valence-corrected chi connectivity index (χ2v) is 4.51. The van der Waals surface area contributed by atoms with E-state index in [0.717, 1.165) is 5.69 Å². The maximum absolute atomic E-state index is 12.0. The van der Waals surface area contributed by atoms with E-state index >= 15 is 0 Å². The van der Waals surface area contributed by atoms with Gasteiger partial charge in [-0.1, -0.05) is 12.1 Å². The predicted octanol–water partition coefficient (Wildman–Crippen LogP) is 2.36. The van der Waals surface area contributed by atoms with Crippen molar-refractivity contribution in [3.63, 3.8) is 0 Å². The number of pyridine rings is 1. The van der Waals surface area contributed by atoms with Crippen LogP contribution in [0.2, 0.25) is 0 Å². The Morgan fingerprint density at radius 2 is 2.11 bits per heavy atom. The summed E-state index contributed by atoms with van der Waals surface area (Å²) in [6, 6.07) is 10.8. The molecule has 1 heterocycles. The Labute approximate surface area is 113 Å². The van der Waals surface area contributed by atoms with E-state index in [2.05, 4.69) is 26.2 Å². The van der Waals surface area contributed by atoms with Gasteiger partial charge in [0.2, 0.25) is 0 Å². The lowest BCUT2D eigenvalue weighted by atomic mass is 10.2. The number of nitrogens with one attached hydrogen (secondary N) is 1. The zero-order valence-corrected chi connectivity index (χ0v) is 11.1. The molecule has 1 amide bonds. The van der Waals surface area contributed by atoms with Crippen molar-refractivity contribution in [1.82, 2.24) is 10.3 Å². The number of benzene rings is 1. The van der Waals surface area contributed by atoms with Crippen LogP contribution >= 0.6 is 15.9 Å². The summed E-state index contributed by atoms with van der Waals surface area (Å²) in [4.78, 5) is 16.1. The lowest BCUT2D eigenvalue weighted by Gasteiger charge is -2.07. The molecule has 18 heavy (non-hydrogen) atoms. The SMILES string of the molecule is Nc1cccc(C(=O)NCc2ccccn2)c1Br. The summed E-state index contributed by atoms with van der Waals surface area (Å²) in [5, 5.41) is 2.80. The molecule has 92 valence electrons. The van der Waals surface area contributed by atoms with Crippen LogP contribution in [0.3, 0.4) is 0 Å². The third kappa shape index (κ3) is 2.87. The first-order valence-corrected chi connectivity index (χ1v) is 6.20. The van der Waals surface area contributed by atoms with Gasteiger partial charge in [-0.2, -0.15) is 0 Å². The molecular formula is C13H12BrN3O. The first-order chi connectivity index (χ1) is 8.68. The Balaban J connectivity index is 2.07. The lowest BCUT2D eigenvalue weighted by molar-refractivity contribution is 0.0949. The summed E-state index contributed by atoms with van der Waals surface area (Å²) in [6.45, 7) is 0.390. The highest BCUT2D eigenvalue weighted by Crippen LogP contribution is 2.23. The summed E-state index contributed by atoms with van der Waals surface area (Å²) in [7, 11) is 0. The highest BCUT2D eigenvalue weighted by molar-refractivity contribution is 9.10. The van der Waals surface area contributed by atoms with E-state index in [0.29, 0.717) is 22.3 Å². The van der Waals surface area contributed by atoms with Crippen molar-refractivity contribution in [2.45, 2.75) is 6.54 Å². The number of hydrogen-bond donors (Lipinski definition) is 2. The number of carbonyl (C=O) groups excluding carboxylic acids is 1. The van der Waals surface area contributed by atoms with Crippen LogP contribution in [0.5, 0.6) is 0 Å². The van der Waals surface area contributed by atoms with Crippen molar-refractivity contribution in [2.24, 2.45) is 0 Å². The molecule has 0 fully saturated rings. The molecule has 0 unspecified atom stereocenters. The zero-order chi connectivity index (χ0) is 13.0. The molecular weight excluding hydrogens is 294 g/mol. The molecule has 0 aliphatic rings. The maximum atomic E-state index is 12.0. The molecule has 1 aromatic heterocycles. The molecule has 2 rings (SSSR count). The highest BCUT2D eigenvalue weighted by atomic mass is 79.9. The zero-order valence-electron chi connectivity index (χ0n) is 9.56. The Kier molecular flexibility index (Phi) is 3.94.